The number of hydrogen-bond acceptors (Lipinski definition) is 2. The summed E-state index contributed by atoms with van der Waals surface area (Å²) in [5.41, 5.74) is 4.37. The summed E-state index contributed by atoms with van der Waals surface area (Å²) >= 11 is 0. The lowest BCUT2D eigenvalue weighted by Gasteiger charge is -2.16. The molecule has 0 fully saturated rings. The van der Waals surface area contributed by atoms with E-state index in [1.165, 1.54) is 24.1 Å². The maximum Gasteiger partial charge on any atom is 0.337 e. The Hall–Kier alpha value is -2.36. The van der Waals surface area contributed by atoms with Crippen LogP contribution in [0.2, 0.25) is 0 Å². The van der Waals surface area contributed by atoms with Crippen LogP contribution in [0.15, 0.2) is 42.6 Å². The zero-order valence-electron chi connectivity index (χ0n) is 12.4. The number of ether oxygens (including phenoxy) is 1. The summed E-state index contributed by atoms with van der Waals surface area (Å²) in [4.78, 5) is 11.4. The van der Waals surface area contributed by atoms with E-state index in [1.807, 2.05) is 24.3 Å². The van der Waals surface area contributed by atoms with Gasteiger partial charge in [0, 0.05) is 18.7 Å². The van der Waals surface area contributed by atoms with Gasteiger partial charge in [0.25, 0.3) is 0 Å². The van der Waals surface area contributed by atoms with Crippen molar-refractivity contribution in [3.63, 3.8) is 0 Å². The Morgan fingerprint density at radius 2 is 2.05 bits per heavy atom. The van der Waals surface area contributed by atoms with Crippen molar-refractivity contribution in [1.82, 2.24) is 4.57 Å². The van der Waals surface area contributed by atoms with Crippen molar-refractivity contribution in [2.45, 2.75) is 20.0 Å². The average Bonchev–Trinajstić information content (AvgIpc) is 2.99. The molecule has 4 heteroatoms. The predicted molar refractivity (Wildman–Crippen MR) is 80.8 cm³/mol. The summed E-state index contributed by atoms with van der Waals surface area (Å²) in [5, 5.41) is 0. The summed E-state index contributed by atoms with van der Waals surface area (Å²) in [6.07, 6.45) is 2.13. The van der Waals surface area contributed by atoms with Gasteiger partial charge in [-0.3, -0.25) is 0 Å². The second-order valence-electron chi connectivity index (χ2n) is 5.28. The molecule has 108 valence electrons. The molecule has 1 aromatic heterocycles. The molecular formula is C17H19N2O2+. The lowest BCUT2D eigenvalue weighted by molar-refractivity contribution is -0.547. The van der Waals surface area contributed by atoms with E-state index < -0.39 is 0 Å². The van der Waals surface area contributed by atoms with Crippen LogP contribution in [-0.4, -0.2) is 34.5 Å². The van der Waals surface area contributed by atoms with Crippen molar-refractivity contribution < 1.29 is 14.1 Å². The standard InChI is InChI=1S/C17H19N2O2/c1-13-16-4-3-9-18(16)10-11-19(13)12-14-5-7-15(8-6-14)17(20)21-2/h3-9H,10-12H2,1-2H3/q+1. The highest BCUT2D eigenvalue weighted by molar-refractivity contribution is 5.93. The number of aromatic nitrogens is 1. The van der Waals surface area contributed by atoms with Crippen LogP contribution in [0.4, 0.5) is 0 Å². The third-order valence-corrected chi connectivity index (χ3v) is 4.03. The van der Waals surface area contributed by atoms with Crippen molar-refractivity contribution in [3.8, 4) is 0 Å². The first kappa shape index (κ1) is 13.6. The lowest BCUT2D eigenvalue weighted by atomic mass is 10.1. The Balaban J connectivity index is 1.81. The molecule has 0 bridgehead atoms. The Labute approximate surface area is 124 Å². The number of esters is 1. The topological polar surface area (TPSA) is 34.2 Å². The van der Waals surface area contributed by atoms with Crippen molar-refractivity contribution in [1.29, 1.82) is 0 Å². The molecule has 0 unspecified atom stereocenters. The smallest absolute Gasteiger partial charge is 0.337 e. The summed E-state index contributed by atoms with van der Waals surface area (Å²) in [6, 6.07) is 11.9. The Kier molecular flexibility index (Phi) is 3.60. The van der Waals surface area contributed by atoms with Crippen molar-refractivity contribution >= 4 is 11.7 Å². The minimum atomic E-state index is -0.292. The molecule has 21 heavy (non-hydrogen) atoms. The molecule has 2 aromatic rings. The van der Waals surface area contributed by atoms with Crippen LogP contribution >= 0.6 is 0 Å². The first-order valence-corrected chi connectivity index (χ1v) is 7.10. The number of carbonyl (C=O) groups is 1. The van der Waals surface area contributed by atoms with E-state index in [0.717, 1.165) is 19.6 Å². The summed E-state index contributed by atoms with van der Waals surface area (Å²) in [5.74, 6) is -0.292. The molecule has 0 radical (unpaired) electrons. The zero-order chi connectivity index (χ0) is 14.8. The number of rotatable bonds is 3. The molecule has 0 aliphatic carbocycles. The molecule has 0 saturated carbocycles. The fraction of sp³-hybridized carbons (Fsp3) is 0.294. The van der Waals surface area contributed by atoms with E-state index in [4.69, 9.17) is 4.74 Å². The summed E-state index contributed by atoms with van der Waals surface area (Å²) < 4.78 is 9.38. The Bertz CT molecular complexity index is 696. The van der Waals surface area contributed by atoms with Crippen molar-refractivity contribution in [3.05, 3.63) is 59.4 Å². The van der Waals surface area contributed by atoms with Crippen molar-refractivity contribution in [2.75, 3.05) is 13.7 Å². The van der Waals surface area contributed by atoms with Gasteiger partial charge in [-0.15, -0.1) is 0 Å². The fourth-order valence-corrected chi connectivity index (χ4v) is 2.78. The molecule has 4 nitrogen and oxygen atoms in total. The maximum atomic E-state index is 11.4. The molecule has 0 saturated heterocycles. The summed E-state index contributed by atoms with van der Waals surface area (Å²) in [6.45, 7) is 5.04. The van der Waals surface area contributed by atoms with Gasteiger partial charge >= 0.3 is 5.97 Å². The summed E-state index contributed by atoms with van der Waals surface area (Å²) in [7, 11) is 1.40. The lowest BCUT2D eigenvalue weighted by Crippen LogP contribution is -2.30. The second-order valence-corrected chi connectivity index (χ2v) is 5.28. The van der Waals surface area contributed by atoms with Crippen LogP contribution in [0.3, 0.4) is 0 Å². The van der Waals surface area contributed by atoms with E-state index in [1.54, 1.807) is 0 Å². The number of hydrogen-bond donors (Lipinski definition) is 0. The van der Waals surface area contributed by atoms with E-state index in [-0.39, 0.29) is 5.97 Å². The molecule has 1 aliphatic heterocycles. The number of methoxy groups -OCH3 is 1. The van der Waals surface area contributed by atoms with Gasteiger partial charge in [0.05, 0.1) is 19.2 Å². The van der Waals surface area contributed by atoms with E-state index in [9.17, 15) is 4.79 Å². The van der Waals surface area contributed by atoms with E-state index >= 15 is 0 Å². The monoisotopic (exact) mass is 283 g/mol. The van der Waals surface area contributed by atoms with Gasteiger partial charge in [0.2, 0.25) is 0 Å². The first-order chi connectivity index (χ1) is 10.2. The highest BCUT2D eigenvalue weighted by Crippen LogP contribution is 2.13. The molecule has 0 atom stereocenters. The molecule has 0 spiro atoms. The molecular weight excluding hydrogens is 264 g/mol. The number of nitrogens with zero attached hydrogens (tertiary/aromatic N) is 2. The highest BCUT2D eigenvalue weighted by atomic mass is 16.5. The fourth-order valence-electron chi connectivity index (χ4n) is 2.78. The average molecular weight is 283 g/mol. The van der Waals surface area contributed by atoms with Crippen LogP contribution in [0.5, 0.6) is 0 Å². The van der Waals surface area contributed by atoms with Gasteiger partial charge in [0.15, 0.2) is 18.8 Å². The minimum absolute atomic E-state index is 0.292. The van der Waals surface area contributed by atoms with Crippen LogP contribution in [0, 0.1) is 0 Å². The van der Waals surface area contributed by atoms with Crippen LogP contribution in [-0.2, 0) is 17.8 Å². The van der Waals surface area contributed by atoms with E-state index in [2.05, 4.69) is 34.4 Å². The van der Waals surface area contributed by atoms with Gasteiger partial charge in [0.1, 0.15) is 5.69 Å². The van der Waals surface area contributed by atoms with Crippen LogP contribution in [0.25, 0.3) is 0 Å². The zero-order valence-corrected chi connectivity index (χ0v) is 12.4. The van der Waals surface area contributed by atoms with Gasteiger partial charge in [-0.1, -0.05) is 12.1 Å². The van der Waals surface area contributed by atoms with Crippen molar-refractivity contribution in [2.24, 2.45) is 0 Å². The third kappa shape index (κ3) is 2.61. The molecule has 0 N–H and O–H groups in total. The molecule has 1 aliphatic rings. The first-order valence-electron chi connectivity index (χ1n) is 7.10. The molecule has 0 amide bonds. The van der Waals surface area contributed by atoms with Gasteiger partial charge < -0.3 is 9.30 Å². The van der Waals surface area contributed by atoms with Crippen LogP contribution < -0.4 is 0 Å². The predicted octanol–water partition coefficient (Wildman–Crippen LogP) is 2.31. The number of carbonyl (C=O) groups excluding carboxylic acids is 1. The molecule has 2 heterocycles. The Morgan fingerprint density at radius 3 is 2.76 bits per heavy atom. The van der Waals surface area contributed by atoms with Crippen LogP contribution in [0.1, 0.15) is 28.5 Å². The van der Waals surface area contributed by atoms with Gasteiger partial charge in [-0.05, 0) is 24.3 Å². The highest BCUT2D eigenvalue weighted by Gasteiger charge is 2.21. The quantitative estimate of drug-likeness (QED) is 0.640. The SMILES string of the molecule is COC(=O)c1ccc(C[N+]2=C(C)c3cccn3CC2)cc1. The molecule has 1 aromatic carbocycles. The van der Waals surface area contributed by atoms with Gasteiger partial charge in [-0.25, -0.2) is 9.37 Å². The molecule has 3 rings (SSSR count). The minimum Gasteiger partial charge on any atom is -0.465 e. The number of benzene rings is 1. The third-order valence-electron chi connectivity index (χ3n) is 4.03. The largest absolute Gasteiger partial charge is 0.465 e. The van der Waals surface area contributed by atoms with E-state index in [0.29, 0.717) is 5.56 Å². The second kappa shape index (κ2) is 5.56. The maximum absolute atomic E-state index is 11.4. The Morgan fingerprint density at radius 1 is 1.29 bits per heavy atom. The van der Waals surface area contributed by atoms with Gasteiger partial charge in [-0.2, -0.15) is 0 Å². The normalized spacial score (nSPS) is 14.0. The number of fused-ring (bicyclic) bond motifs is 1.